The second kappa shape index (κ2) is 8.97. The fourth-order valence-corrected chi connectivity index (χ4v) is 3.74. The molecular weight excluding hydrogens is 433 g/mol. The topological polar surface area (TPSA) is 82.2 Å². The Bertz CT molecular complexity index is 1180. The lowest BCUT2D eigenvalue weighted by molar-refractivity contribution is -0.137. The van der Waals surface area contributed by atoms with Crippen molar-refractivity contribution in [3.05, 3.63) is 71.0 Å². The summed E-state index contributed by atoms with van der Waals surface area (Å²) in [5.41, 5.74) is 3.81. The number of carbonyl (C=O) groups is 1. The smallest absolute Gasteiger partial charge is 0.366 e. The molecule has 0 spiro atoms. The molecular formula is C23H23F3N6O. The molecule has 10 heteroatoms. The molecule has 172 valence electrons. The number of amides is 2. The number of fused-ring (bicyclic) bond motifs is 1. The number of hydrogen-bond acceptors (Lipinski definition) is 5. The Labute approximate surface area is 189 Å². The maximum atomic E-state index is 12.9. The van der Waals surface area contributed by atoms with Gasteiger partial charge in [0.25, 0.3) is 0 Å². The highest BCUT2D eigenvalue weighted by molar-refractivity contribution is 6.00. The van der Waals surface area contributed by atoms with E-state index in [-0.39, 0.29) is 5.69 Å². The van der Waals surface area contributed by atoms with Gasteiger partial charge in [-0.2, -0.15) is 13.2 Å². The van der Waals surface area contributed by atoms with Crippen molar-refractivity contribution in [1.82, 2.24) is 9.97 Å². The van der Waals surface area contributed by atoms with Crippen LogP contribution in [0.25, 0.3) is 0 Å². The molecule has 2 aromatic carbocycles. The number of hydrogen-bond donors (Lipinski definition) is 3. The first-order chi connectivity index (χ1) is 15.7. The van der Waals surface area contributed by atoms with Gasteiger partial charge in [-0.25, -0.2) is 14.8 Å². The highest BCUT2D eigenvalue weighted by atomic mass is 19.4. The molecule has 4 rings (SSSR count). The summed E-state index contributed by atoms with van der Waals surface area (Å²) in [7, 11) is 1.78. The number of rotatable bonds is 4. The third kappa shape index (κ3) is 5.16. The van der Waals surface area contributed by atoms with Gasteiger partial charge >= 0.3 is 12.2 Å². The number of aryl methyl sites for hydroxylation is 1. The number of halogens is 3. The highest BCUT2D eigenvalue weighted by Crippen LogP contribution is 2.31. The van der Waals surface area contributed by atoms with Gasteiger partial charge in [0.15, 0.2) is 0 Å². The minimum atomic E-state index is -4.48. The molecule has 1 aliphatic rings. The van der Waals surface area contributed by atoms with E-state index in [9.17, 15) is 18.0 Å². The molecule has 0 aliphatic carbocycles. The van der Waals surface area contributed by atoms with Gasteiger partial charge in [-0.1, -0.05) is 12.1 Å². The van der Waals surface area contributed by atoms with Gasteiger partial charge in [0, 0.05) is 55.4 Å². The van der Waals surface area contributed by atoms with E-state index in [0.717, 1.165) is 47.6 Å². The number of benzene rings is 2. The van der Waals surface area contributed by atoms with E-state index >= 15 is 0 Å². The first-order valence-electron chi connectivity index (χ1n) is 10.4. The molecule has 0 saturated carbocycles. The summed E-state index contributed by atoms with van der Waals surface area (Å²) in [5, 5.41) is 8.10. The Hall–Kier alpha value is -3.82. The molecule has 33 heavy (non-hydrogen) atoms. The molecule has 0 saturated heterocycles. The molecule has 3 aromatic rings. The number of nitrogens with zero attached hydrogens (tertiary/aromatic N) is 3. The quantitative estimate of drug-likeness (QED) is 0.512. The van der Waals surface area contributed by atoms with Crippen LogP contribution in [0.1, 0.15) is 22.4 Å². The average molecular weight is 456 g/mol. The second-order valence-electron chi connectivity index (χ2n) is 7.75. The number of anilines is 4. The van der Waals surface area contributed by atoms with Crippen LogP contribution >= 0.6 is 0 Å². The molecule has 0 fully saturated rings. The first kappa shape index (κ1) is 22.4. The number of carbonyl (C=O) groups excluding carboxylic acids is 1. The summed E-state index contributed by atoms with van der Waals surface area (Å²) < 4.78 is 38.7. The predicted molar refractivity (Wildman–Crippen MR) is 122 cm³/mol. The van der Waals surface area contributed by atoms with Crippen molar-refractivity contribution in [3.8, 4) is 0 Å². The van der Waals surface area contributed by atoms with Gasteiger partial charge in [0.1, 0.15) is 0 Å². The van der Waals surface area contributed by atoms with Crippen molar-refractivity contribution in [2.45, 2.75) is 26.1 Å². The van der Waals surface area contributed by atoms with E-state index in [1.165, 1.54) is 12.1 Å². The van der Waals surface area contributed by atoms with Gasteiger partial charge in [-0.05, 0) is 42.8 Å². The zero-order valence-electron chi connectivity index (χ0n) is 18.1. The van der Waals surface area contributed by atoms with Crippen molar-refractivity contribution in [2.24, 2.45) is 0 Å². The maximum absolute atomic E-state index is 12.9. The largest absolute Gasteiger partial charge is 0.416 e. The third-order valence-corrected chi connectivity index (χ3v) is 5.41. The van der Waals surface area contributed by atoms with Crippen molar-refractivity contribution in [1.29, 1.82) is 0 Å². The number of nitrogens with one attached hydrogen (secondary N) is 3. The molecule has 2 heterocycles. The van der Waals surface area contributed by atoms with E-state index in [1.54, 1.807) is 13.1 Å². The lowest BCUT2D eigenvalue weighted by atomic mass is 10.0. The average Bonchev–Trinajstić information content (AvgIpc) is 2.79. The van der Waals surface area contributed by atoms with Crippen LogP contribution < -0.4 is 20.9 Å². The zero-order valence-corrected chi connectivity index (χ0v) is 18.1. The Balaban J connectivity index is 1.47. The van der Waals surface area contributed by atoms with Crippen LogP contribution in [0, 0.1) is 6.92 Å². The summed E-state index contributed by atoms with van der Waals surface area (Å²) in [4.78, 5) is 23.4. The van der Waals surface area contributed by atoms with Gasteiger partial charge in [0.05, 0.1) is 11.3 Å². The van der Waals surface area contributed by atoms with Crippen LogP contribution in [-0.2, 0) is 19.1 Å². The van der Waals surface area contributed by atoms with Crippen LogP contribution in [0.2, 0.25) is 0 Å². The maximum Gasteiger partial charge on any atom is 0.416 e. The van der Waals surface area contributed by atoms with Crippen molar-refractivity contribution in [2.75, 3.05) is 34.4 Å². The normalized spacial score (nSPS) is 13.3. The SMILES string of the molecule is CNc1ncc2c(n1)CCN(c1cc(NC(=O)Nc3cccc(C(F)(F)F)c3)ccc1C)C2. The molecule has 1 aromatic heterocycles. The zero-order chi connectivity index (χ0) is 23.6. The van der Waals surface area contributed by atoms with E-state index in [1.807, 2.05) is 25.3 Å². The standard InChI is InChI=1S/C23H23F3N6O/c1-14-6-7-18(30-22(33)29-17-5-3-4-16(10-17)23(24,25)26)11-20(14)32-9-8-19-15(13-32)12-28-21(27-2)31-19/h3-7,10-12H,8-9,13H2,1-2H3,(H,27,28,31)(H2,29,30,33). The summed E-state index contributed by atoms with van der Waals surface area (Å²) in [6.07, 6.45) is -1.90. The number of alkyl halides is 3. The lowest BCUT2D eigenvalue weighted by Gasteiger charge is -2.31. The molecule has 2 amide bonds. The van der Waals surface area contributed by atoms with Crippen LogP contribution in [-0.4, -0.2) is 29.6 Å². The van der Waals surface area contributed by atoms with E-state index in [4.69, 9.17) is 0 Å². The van der Waals surface area contributed by atoms with Crippen LogP contribution in [0.4, 0.5) is 41.0 Å². The Morgan fingerprint density at radius 3 is 2.58 bits per heavy atom. The van der Waals surface area contributed by atoms with Gasteiger partial charge < -0.3 is 20.9 Å². The Morgan fingerprint density at radius 2 is 1.85 bits per heavy atom. The van der Waals surface area contributed by atoms with Gasteiger partial charge in [-0.15, -0.1) is 0 Å². The van der Waals surface area contributed by atoms with Crippen LogP contribution in [0.5, 0.6) is 0 Å². The fraction of sp³-hybridized carbons (Fsp3) is 0.261. The minimum Gasteiger partial charge on any atom is -0.366 e. The summed E-state index contributed by atoms with van der Waals surface area (Å²) >= 11 is 0. The number of aromatic nitrogens is 2. The minimum absolute atomic E-state index is 0.0586. The molecule has 3 N–H and O–H groups in total. The van der Waals surface area contributed by atoms with E-state index in [0.29, 0.717) is 18.2 Å². The van der Waals surface area contributed by atoms with Crippen LogP contribution in [0.3, 0.4) is 0 Å². The third-order valence-electron chi connectivity index (χ3n) is 5.41. The van der Waals surface area contributed by atoms with Gasteiger partial charge in [-0.3, -0.25) is 0 Å². The number of urea groups is 1. The highest BCUT2D eigenvalue weighted by Gasteiger charge is 2.30. The second-order valence-corrected chi connectivity index (χ2v) is 7.75. The summed E-state index contributed by atoms with van der Waals surface area (Å²) in [6, 6.07) is 9.39. The Kier molecular flexibility index (Phi) is 6.08. The Morgan fingerprint density at radius 1 is 1.09 bits per heavy atom. The lowest BCUT2D eigenvalue weighted by Crippen LogP contribution is -2.32. The molecule has 1 aliphatic heterocycles. The van der Waals surface area contributed by atoms with Crippen molar-refractivity contribution < 1.29 is 18.0 Å². The van der Waals surface area contributed by atoms with Crippen molar-refractivity contribution >= 4 is 29.0 Å². The molecule has 7 nitrogen and oxygen atoms in total. The fourth-order valence-electron chi connectivity index (χ4n) is 3.74. The van der Waals surface area contributed by atoms with Gasteiger partial charge in [0.2, 0.25) is 5.95 Å². The predicted octanol–water partition coefficient (Wildman–Crippen LogP) is 5.05. The molecule has 0 unspecified atom stereocenters. The van der Waals surface area contributed by atoms with Crippen molar-refractivity contribution in [3.63, 3.8) is 0 Å². The summed E-state index contributed by atoms with van der Waals surface area (Å²) in [5.74, 6) is 0.594. The molecule has 0 bridgehead atoms. The van der Waals surface area contributed by atoms with Crippen LogP contribution in [0.15, 0.2) is 48.7 Å². The van der Waals surface area contributed by atoms with E-state index < -0.39 is 17.8 Å². The van der Waals surface area contributed by atoms with E-state index in [2.05, 4.69) is 30.8 Å². The monoisotopic (exact) mass is 456 g/mol. The molecule has 0 atom stereocenters. The first-order valence-corrected chi connectivity index (χ1v) is 10.4. The summed E-state index contributed by atoms with van der Waals surface area (Å²) in [6.45, 7) is 3.38. The molecule has 0 radical (unpaired) electrons.